The van der Waals surface area contributed by atoms with Gasteiger partial charge in [0.1, 0.15) is 5.75 Å². The van der Waals surface area contributed by atoms with E-state index in [0.29, 0.717) is 17.7 Å². The highest BCUT2D eigenvalue weighted by molar-refractivity contribution is 7.09. The Morgan fingerprint density at radius 3 is 2.75 bits per heavy atom. The van der Waals surface area contributed by atoms with Crippen LogP contribution in [0.15, 0.2) is 35.7 Å². The first-order valence-corrected chi connectivity index (χ1v) is 7.22. The maximum atomic E-state index is 12.5. The van der Waals surface area contributed by atoms with E-state index in [1.54, 1.807) is 41.4 Å². The molecule has 2 aromatic rings. The van der Waals surface area contributed by atoms with Crippen LogP contribution in [0.3, 0.4) is 0 Å². The van der Waals surface area contributed by atoms with E-state index in [4.69, 9.17) is 5.11 Å². The molecule has 0 saturated heterocycles. The molecule has 0 radical (unpaired) electrons. The van der Waals surface area contributed by atoms with E-state index in [1.165, 1.54) is 0 Å². The summed E-state index contributed by atoms with van der Waals surface area (Å²) in [6, 6.07) is 8.79. The largest absolute Gasteiger partial charge is 0.508 e. The van der Waals surface area contributed by atoms with E-state index < -0.39 is 0 Å². The highest BCUT2D eigenvalue weighted by Crippen LogP contribution is 2.22. The van der Waals surface area contributed by atoms with Crippen molar-refractivity contribution in [2.24, 2.45) is 0 Å². The van der Waals surface area contributed by atoms with Crippen molar-refractivity contribution in [1.82, 2.24) is 4.90 Å². The van der Waals surface area contributed by atoms with Gasteiger partial charge in [0, 0.05) is 22.5 Å². The fourth-order valence-electron chi connectivity index (χ4n) is 1.99. The molecule has 0 aliphatic heterocycles. The molecular formula is C15H17NO3S. The molecule has 0 saturated carbocycles. The lowest BCUT2D eigenvalue weighted by Gasteiger charge is -2.22. The van der Waals surface area contributed by atoms with E-state index in [9.17, 15) is 9.90 Å². The monoisotopic (exact) mass is 291 g/mol. The maximum absolute atomic E-state index is 12.5. The Hall–Kier alpha value is -1.85. The van der Waals surface area contributed by atoms with Crippen molar-refractivity contribution in [2.45, 2.75) is 13.5 Å². The molecule has 2 N–H and O–H groups in total. The summed E-state index contributed by atoms with van der Waals surface area (Å²) in [6.07, 6.45) is 0. The third-order valence-corrected chi connectivity index (χ3v) is 3.98. The number of rotatable bonds is 5. The number of thiophene rings is 1. The highest BCUT2D eigenvalue weighted by Gasteiger charge is 2.19. The number of aromatic hydroxyl groups is 1. The molecule has 2 rings (SSSR count). The van der Waals surface area contributed by atoms with Crippen LogP contribution in [0.5, 0.6) is 5.75 Å². The van der Waals surface area contributed by atoms with Crippen molar-refractivity contribution in [3.05, 3.63) is 51.7 Å². The Balaban J connectivity index is 2.24. The lowest BCUT2D eigenvalue weighted by atomic mass is 10.1. The second kappa shape index (κ2) is 6.54. The number of benzene rings is 1. The molecule has 0 fully saturated rings. The summed E-state index contributed by atoms with van der Waals surface area (Å²) in [5.74, 6) is -0.0724. The number of phenols is 1. The highest BCUT2D eigenvalue weighted by atomic mass is 32.1. The van der Waals surface area contributed by atoms with Crippen LogP contribution >= 0.6 is 11.3 Å². The molecule has 106 valence electrons. The molecule has 1 aromatic carbocycles. The molecule has 0 bridgehead atoms. The lowest BCUT2D eigenvalue weighted by molar-refractivity contribution is 0.0708. The van der Waals surface area contributed by atoms with E-state index in [2.05, 4.69) is 0 Å². The SMILES string of the molecule is Cc1c(O)cccc1C(=O)N(CCO)Cc1cccs1. The summed E-state index contributed by atoms with van der Waals surface area (Å²) in [5, 5.41) is 20.8. The van der Waals surface area contributed by atoms with Gasteiger partial charge >= 0.3 is 0 Å². The Labute approximate surface area is 121 Å². The molecule has 1 heterocycles. The van der Waals surface area contributed by atoms with Gasteiger partial charge < -0.3 is 15.1 Å². The smallest absolute Gasteiger partial charge is 0.254 e. The molecule has 5 heteroatoms. The first-order chi connectivity index (χ1) is 9.63. The van der Waals surface area contributed by atoms with E-state index in [0.717, 1.165) is 4.88 Å². The lowest BCUT2D eigenvalue weighted by Crippen LogP contribution is -2.33. The molecule has 20 heavy (non-hydrogen) atoms. The number of aliphatic hydroxyl groups is 1. The average Bonchev–Trinajstić information content (AvgIpc) is 2.94. The van der Waals surface area contributed by atoms with Crippen molar-refractivity contribution in [2.75, 3.05) is 13.2 Å². The molecule has 0 spiro atoms. The van der Waals surface area contributed by atoms with Gasteiger partial charge in [-0.2, -0.15) is 0 Å². The molecule has 0 atom stereocenters. The Morgan fingerprint density at radius 1 is 1.30 bits per heavy atom. The zero-order valence-corrected chi connectivity index (χ0v) is 12.1. The molecular weight excluding hydrogens is 274 g/mol. The minimum Gasteiger partial charge on any atom is -0.508 e. The molecule has 0 aliphatic carbocycles. The van der Waals surface area contributed by atoms with Gasteiger partial charge in [-0.3, -0.25) is 4.79 Å². The number of carbonyl (C=O) groups is 1. The fourth-order valence-corrected chi connectivity index (χ4v) is 2.71. The third kappa shape index (κ3) is 3.18. The van der Waals surface area contributed by atoms with E-state index >= 15 is 0 Å². The van der Waals surface area contributed by atoms with Crippen molar-refractivity contribution in [3.63, 3.8) is 0 Å². The number of nitrogens with zero attached hydrogens (tertiary/aromatic N) is 1. The first-order valence-electron chi connectivity index (χ1n) is 6.34. The van der Waals surface area contributed by atoms with Crippen LogP contribution < -0.4 is 0 Å². The van der Waals surface area contributed by atoms with Gasteiger partial charge in [-0.15, -0.1) is 11.3 Å². The summed E-state index contributed by atoms with van der Waals surface area (Å²) in [5.41, 5.74) is 1.03. The predicted octanol–water partition coefficient (Wildman–Crippen LogP) is 2.40. The molecule has 0 unspecified atom stereocenters. The molecule has 1 amide bonds. The maximum Gasteiger partial charge on any atom is 0.254 e. The van der Waals surface area contributed by atoms with Gasteiger partial charge in [-0.25, -0.2) is 0 Å². The van der Waals surface area contributed by atoms with Crippen molar-refractivity contribution >= 4 is 17.2 Å². The number of phenolic OH excluding ortho intramolecular Hbond substituents is 1. The summed E-state index contributed by atoms with van der Waals surface area (Å²) >= 11 is 1.57. The van der Waals surface area contributed by atoms with Gasteiger partial charge in [0.2, 0.25) is 0 Å². The Bertz CT molecular complexity index is 581. The van der Waals surface area contributed by atoms with Crippen LogP contribution in [0.4, 0.5) is 0 Å². The molecule has 1 aromatic heterocycles. The summed E-state index contributed by atoms with van der Waals surface area (Å²) in [4.78, 5) is 15.2. The quantitative estimate of drug-likeness (QED) is 0.889. The van der Waals surface area contributed by atoms with Crippen LogP contribution in [0, 0.1) is 6.92 Å². The zero-order chi connectivity index (χ0) is 14.5. The zero-order valence-electron chi connectivity index (χ0n) is 11.2. The van der Waals surface area contributed by atoms with Crippen molar-refractivity contribution < 1.29 is 15.0 Å². The fraction of sp³-hybridized carbons (Fsp3) is 0.267. The Morgan fingerprint density at radius 2 is 2.10 bits per heavy atom. The van der Waals surface area contributed by atoms with Gasteiger partial charge in [0.25, 0.3) is 5.91 Å². The topological polar surface area (TPSA) is 60.8 Å². The minimum absolute atomic E-state index is 0.0883. The van der Waals surface area contributed by atoms with Gasteiger partial charge in [0.05, 0.1) is 13.2 Å². The number of hydrogen-bond donors (Lipinski definition) is 2. The standard InChI is InChI=1S/C15H17NO3S/c1-11-13(5-2-6-14(11)18)15(19)16(7-8-17)10-12-4-3-9-20-12/h2-6,9,17-18H,7-8,10H2,1H3. The second-order valence-corrected chi connectivity index (χ2v) is 5.51. The van der Waals surface area contributed by atoms with Crippen LogP contribution in [0.2, 0.25) is 0 Å². The van der Waals surface area contributed by atoms with E-state index in [1.807, 2.05) is 17.5 Å². The third-order valence-electron chi connectivity index (χ3n) is 3.12. The number of amides is 1. The van der Waals surface area contributed by atoms with Crippen LogP contribution in [-0.2, 0) is 6.54 Å². The van der Waals surface area contributed by atoms with Crippen LogP contribution in [-0.4, -0.2) is 34.2 Å². The van der Waals surface area contributed by atoms with Gasteiger partial charge in [-0.05, 0) is 30.5 Å². The summed E-state index contributed by atoms with van der Waals surface area (Å²) in [6.45, 7) is 2.36. The average molecular weight is 291 g/mol. The number of aliphatic hydroxyl groups excluding tert-OH is 1. The number of hydrogen-bond acceptors (Lipinski definition) is 4. The van der Waals surface area contributed by atoms with Crippen LogP contribution in [0.25, 0.3) is 0 Å². The summed E-state index contributed by atoms with van der Waals surface area (Å²) < 4.78 is 0. The van der Waals surface area contributed by atoms with Crippen molar-refractivity contribution in [3.8, 4) is 5.75 Å². The predicted molar refractivity (Wildman–Crippen MR) is 79.0 cm³/mol. The van der Waals surface area contributed by atoms with Gasteiger partial charge in [-0.1, -0.05) is 12.1 Å². The molecule has 4 nitrogen and oxygen atoms in total. The molecule has 0 aliphatic rings. The number of carbonyl (C=O) groups excluding carboxylic acids is 1. The normalized spacial score (nSPS) is 10.5. The van der Waals surface area contributed by atoms with Crippen molar-refractivity contribution in [1.29, 1.82) is 0 Å². The van der Waals surface area contributed by atoms with Gasteiger partial charge in [0.15, 0.2) is 0 Å². The Kier molecular flexibility index (Phi) is 4.76. The van der Waals surface area contributed by atoms with Crippen LogP contribution in [0.1, 0.15) is 20.8 Å². The van der Waals surface area contributed by atoms with E-state index in [-0.39, 0.29) is 24.8 Å². The first kappa shape index (κ1) is 14.6. The second-order valence-electron chi connectivity index (χ2n) is 4.48. The minimum atomic E-state index is -0.180. The summed E-state index contributed by atoms with van der Waals surface area (Å²) in [7, 11) is 0.